The van der Waals surface area contributed by atoms with E-state index in [4.69, 9.17) is 0 Å². The van der Waals surface area contributed by atoms with Crippen molar-refractivity contribution in [1.82, 2.24) is 19.8 Å². The third kappa shape index (κ3) is 3.77. The third-order valence-electron chi connectivity index (χ3n) is 4.53. The number of aryl methyl sites for hydroxylation is 2. The van der Waals surface area contributed by atoms with Gasteiger partial charge in [0.1, 0.15) is 10.6 Å². The summed E-state index contributed by atoms with van der Waals surface area (Å²) in [7, 11) is 5.38. The summed E-state index contributed by atoms with van der Waals surface area (Å²) >= 11 is 1.20. The molecule has 8 heteroatoms. The zero-order chi connectivity index (χ0) is 19.7. The first-order valence-corrected chi connectivity index (χ1v) is 9.26. The first-order valence-electron chi connectivity index (χ1n) is 8.44. The molecule has 2 heterocycles. The number of aromatic nitrogens is 2. The van der Waals surface area contributed by atoms with Crippen LogP contribution in [0, 0.1) is 12.7 Å². The molecule has 3 aromatic rings. The van der Waals surface area contributed by atoms with Crippen molar-refractivity contribution in [2.24, 2.45) is 7.05 Å². The Labute approximate surface area is 160 Å². The van der Waals surface area contributed by atoms with Gasteiger partial charge in [0, 0.05) is 13.6 Å². The van der Waals surface area contributed by atoms with Gasteiger partial charge < -0.3 is 14.8 Å². The summed E-state index contributed by atoms with van der Waals surface area (Å²) in [5.74, 6) is -0.575. The van der Waals surface area contributed by atoms with Gasteiger partial charge in [-0.1, -0.05) is 12.1 Å². The maximum atomic E-state index is 13.6. The highest BCUT2D eigenvalue weighted by Crippen LogP contribution is 2.27. The zero-order valence-corrected chi connectivity index (χ0v) is 16.4. The Morgan fingerprint density at radius 2 is 2.15 bits per heavy atom. The molecule has 0 spiro atoms. The fraction of sp³-hybridized carbons (Fsp3) is 0.316. The van der Waals surface area contributed by atoms with Crippen LogP contribution in [0.15, 0.2) is 35.4 Å². The van der Waals surface area contributed by atoms with E-state index in [2.05, 4.69) is 10.3 Å². The summed E-state index contributed by atoms with van der Waals surface area (Å²) in [4.78, 5) is 32.2. The number of carbonyl (C=O) groups excluding carboxylic acids is 1. The standard InChI is InChI=1S/C19H21FN4O2S/c1-11-15-18(22-10-24(4)19(15)26)27-16(11)17(25)21-9-14(23(2)3)12-6-5-7-13(20)8-12/h5-8,10,14H,9H2,1-4H3,(H,21,25)/t14-/m0/s1. The molecule has 0 saturated carbocycles. The molecule has 2 aromatic heterocycles. The number of nitrogens with one attached hydrogen (secondary N) is 1. The van der Waals surface area contributed by atoms with Gasteiger partial charge in [0.2, 0.25) is 0 Å². The third-order valence-corrected chi connectivity index (χ3v) is 5.73. The van der Waals surface area contributed by atoms with E-state index in [-0.39, 0.29) is 23.3 Å². The van der Waals surface area contributed by atoms with Crippen LogP contribution in [0.1, 0.15) is 26.8 Å². The van der Waals surface area contributed by atoms with E-state index in [1.54, 1.807) is 20.0 Å². The minimum Gasteiger partial charge on any atom is -0.349 e. The van der Waals surface area contributed by atoms with E-state index in [1.165, 1.54) is 34.4 Å². The highest BCUT2D eigenvalue weighted by molar-refractivity contribution is 7.20. The monoisotopic (exact) mass is 388 g/mol. The van der Waals surface area contributed by atoms with E-state index in [1.807, 2.05) is 25.1 Å². The van der Waals surface area contributed by atoms with Gasteiger partial charge in [0.15, 0.2) is 0 Å². The summed E-state index contributed by atoms with van der Waals surface area (Å²) in [6, 6.07) is 6.17. The van der Waals surface area contributed by atoms with Crippen LogP contribution in [-0.2, 0) is 7.05 Å². The van der Waals surface area contributed by atoms with E-state index >= 15 is 0 Å². The number of nitrogens with zero attached hydrogens (tertiary/aromatic N) is 3. The number of halogens is 1. The second-order valence-corrected chi connectivity index (χ2v) is 7.64. The van der Waals surface area contributed by atoms with Gasteiger partial charge in [-0.2, -0.15) is 0 Å². The zero-order valence-electron chi connectivity index (χ0n) is 15.6. The molecule has 0 aliphatic heterocycles. The number of rotatable bonds is 5. The van der Waals surface area contributed by atoms with E-state index in [0.717, 1.165) is 5.56 Å². The van der Waals surface area contributed by atoms with Crippen LogP contribution in [0.2, 0.25) is 0 Å². The lowest BCUT2D eigenvalue weighted by atomic mass is 10.1. The molecule has 0 radical (unpaired) electrons. The molecule has 1 N–H and O–H groups in total. The van der Waals surface area contributed by atoms with E-state index in [9.17, 15) is 14.0 Å². The number of carbonyl (C=O) groups is 1. The average Bonchev–Trinajstić information content (AvgIpc) is 2.95. The lowest BCUT2D eigenvalue weighted by Gasteiger charge is -2.25. The molecule has 1 aromatic carbocycles. The minimum absolute atomic E-state index is 0.168. The Morgan fingerprint density at radius 3 is 2.81 bits per heavy atom. The molecule has 6 nitrogen and oxygen atoms in total. The Bertz CT molecular complexity index is 1060. The smallest absolute Gasteiger partial charge is 0.262 e. The van der Waals surface area contributed by atoms with Gasteiger partial charge in [-0.15, -0.1) is 11.3 Å². The Balaban J connectivity index is 1.85. The second-order valence-electron chi connectivity index (χ2n) is 6.64. The molecule has 0 aliphatic rings. The largest absolute Gasteiger partial charge is 0.349 e. The molecule has 27 heavy (non-hydrogen) atoms. The molecular weight excluding hydrogens is 367 g/mol. The fourth-order valence-corrected chi connectivity index (χ4v) is 4.06. The predicted molar refractivity (Wildman–Crippen MR) is 105 cm³/mol. The maximum Gasteiger partial charge on any atom is 0.262 e. The molecule has 0 unspecified atom stereocenters. The van der Waals surface area contributed by atoms with Crippen LogP contribution in [0.25, 0.3) is 10.2 Å². The number of thiophene rings is 1. The SMILES string of the molecule is Cc1c(C(=O)NC[C@@H](c2cccc(F)c2)N(C)C)sc2ncn(C)c(=O)c12. The number of hydrogen-bond donors (Lipinski definition) is 1. The summed E-state index contributed by atoms with van der Waals surface area (Å²) in [5.41, 5.74) is 1.25. The van der Waals surface area contributed by atoms with Crippen molar-refractivity contribution in [1.29, 1.82) is 0 Å². The number of fused-ring (bicyclic) bond motifs is 1. The van der Waals surface area contributed by atoms with E-state index in [0.29, 0.717) is 27.2 Å². The Morgan fingerprint density at radius 1 is 1.41 bits per heavy atom. The molecular formula is C19H21FN4O2S. The number of likely N-dealkylation sites (N-methyl/N-ethyl adjacent to an activating group) is 1. The van der Waals surface area contributed by atoms with Gasteiger partial charge in [0.25, 0.3) is 11.5 Å². The number of hydrogen-bond acceptors (Lipinski definition) is 5. The van der Waals surface area contributed by atoms with Gasteiger partial charge in [-0.25, -0.2) is 9.37 Å². The van der Waals surface area contributed by atoms with Crippen LogP contribution >= 0.6 is 11.3 Å². The summed E-state index contributed by atoms with van der Waals surface area (Å²) in [6.45, 7) is 2.07. The Hall–Kier alpha value is -2.58. The molecule has 0 saturated heterocycles. The summed E-state index contributed by atoms with van der Waals surface area (Å²) in [6.07, 6.45) is 1.45. The van der Waals surface area contributed by atoms with Crippen molar-refractivity contribution in [3.8, 4) is 0 Å². The van der Waals surface area contributed by atoms with Gasteiger partial charge >= 0.3 is 0 Å². The summed E-state index contributed by atoms with van der Waals surface area (Å²) in [5, 5.41) is 3.38. The molecule has 0 aliphatic carbocycles. The predicted octanol–water partition coefficient (Wildman–Crippen LogP) is 2.48. The molecule has 142 valence electrons. The first-order chi connectivity index (χ1) is 12.8. The minimum atomic E-state index is -0.312. The normalized spacial score (nSPS) is 12.5. The molecule has 1 amide bonds. The Kier molecular flexibility index (Phi) is 5.38. The van der Waals surface area contributed by atoms with Crippen LogP contribution in [0.5, 0.6) is 0 Å². The van der Waals surface area contributed by atoms with Gasteiger partial charge in [0.05, 0.1) is 22.6 Å². The lowest BCUT2D eigenvalue weighted by Crippen LogP contribution is -2.34. The van der Waals surface area contributed by atoms with Crippen LogP contribution in [-0.4, -0.2) is 41.0 Å². The van der Waals surface area contributed by atoms with Crippen molar-refractivity contribution in [3.05, 3.63) is 62.8 Å². The van der Waals surface area contributed by atoms with Crippen molar-refractivity contribution >= 4 is 27.5 Å². The van der Waals surface area contributed by atoms with Crippen LogP contribution in [0.4, 0.5) is 4.39 Å². The topological polar surface area (TPSA) is 67.2 Å². The number of amides is 1. The van der Waals surface area contributed by atoms with Crippen LogP contribution in [0.3, 0.4) is 0 Å². The highest BCUT2D eigenvalue weighted by atomic mass is 32.1. The van der Waals surface area contributed by atoms with Crippen molar-refractivity contribution in [2.75, 3.05) is 20.6 Å². The fourth-order valence-electron chi connectivity index (χ4n) is 3.01. The number of benzene rings is 1. The second kappa shape index (κ2) is 7.58. The molecule has 0 bridgehead atoms. The van der Waals surface area contributed by atoms with Crippen molar-refractivity contribution in [2.45, 2.75) is 13.0 Å². The lowest BCUT2D eigenvalue weighted by molar-refractivity contribution is 0.0945. The quantitative estimate of drug-likeness (QED) is 0.729. The van der Waals surface area contributed by atoms with Crippen molar-refractivity contribution in [3.63, 3.8) is 0 Å². The van der Waals surface area contributed by atoms with E-state index < -0.39 is 0 Å². The highest BCUT2D eigenvalue weighted by Gasteiger charge is 2.21. The average molecular weight is 388 g/mol. The van der Waals surface area contributed by atoms with Crippen LogP contribution < -0.4 is 10.9 Å². The first kappa shape index (κ1) is 19.2. The van der Waals surface area contributed by atoms with Crippen molar-refractivity contribution < 1.29 is 9.18 Å². The molecule has 1 atom stereocenters. The maximum absolute atomic E-state index is 13.6. The molecule has 0 fully saturated rings. The summed E-state index contributed by atoms with van der Waals surface area (Å²) < 4.78 is 15.0. The van der Waals surface area contributed by atoms with Gasteiger partial charge in [-0.05, 0) is 44.3 Å². The molecule has 3 rings (SSSR count). The van der Waals surface area contributed by atoms with Gasteiger partial charge in [-0.3, -0.25) is 9.59 Å².